The van der Waals surface area contributed by atoms with E-state index in [0.29, 0.717) is 18.1 Å². The molecule has 2 aromatic rings. The summed E-state index contributed by atoms with van der Waals surface area (Å²) in [6, 6.07) is 1.92. The van der Waals surface area contributed by atoms with Crippen molar-refractivity contribution in [1.29, 1.82) is 0 Å². The van der Waals surface area contributed by atoms with Gasteiger partial charge in [-0.25, -0.2) is 9.97 Å². The van der Waals surface area contributed by atoms with Gasteiger partial charge < -0.3 is 9.72 Å². The van der Waals surface area contributed by atoms with Crippen molar-refractivity contribution < 1.29 is 9.53 Å². The Hall–Kier alpha value is -1.43. The van der Waals surface area contributed by atoms with Crippen molar-refractivity contribution in [3.8, 4) is 0 Å². The van der Waals surface area contributed by atoms with Crippen molar-refractivity contribution in [3.05, 3.63) is 22.6 Å². The van der Waals surface area contributed by atoms with Crippen molar-refractivity contribution in [3.63, 3.8) is 0 Å². The monoisotopic (exact) mass is 337 g/mol. The number of halogens is 1. The van der Waals surface area contributed by atoms with E-state index in [1.54, 1.807) is 6.20 Å². The molecule has 6 heteroatoms. The average Bonchev–Trinajstić information content (AvgIpc) is 3.05. The number of H-pyrrole nitrogens is 1. The Morgan fingerprint density at radius 1 is 1.50 bits per heavy atom. The number of fused-ring (bicyclic) bond motifs is 1. The van der Waals surface area contributed by atoms with Crippen LogP contribution in [-0.2, 0) is 14.9 Å². The van der Waals surface area contributed by atoms with Crippen LogP contribution in [0.1, 0.15) is 38.4 Å². The summed E-state index contributed by atoms with van der Waals surface area (Å²) in [5, 5.41) is 0. The van der Waals surface area contributed by atoms with Crippen LogP contribution >= 0.6 is 15.9 Å². The van der Waals surface area contributed by atoms with E-state index in [4.69, 9.17) is 4.74 Å². The third kappa shape index (κ3) is 2.12. The number of hydrogen-bond acceptors (Lipinski definition) is 4. The summed E-state index contributed by atoms with van der Waals surface area (Å²) in [6.45, 7) is 2.22. The van der Waals surface area contributed by atoms with Crippen LogP contribution in [0.5, 0.6) is 0 Å². The number of ether oxygens (including phenoxy) is 1. The Morgan fingerprint density at radius 2 is 2.25 bits per heavy atom. The molecule has 3 rings (SSSR count). The van der Waals surface area contributed by atoms with Gasteiger partial charge in [0.1, 0.15) is 11.2 Å². The molecule has 2 aromatic heterocycles. The summed E-state index contributed by atoms with van der Waals surface area (Å²) >= 11 is 3.39. The molecule has 0 bridgehead atoms. The summed E-state index contributed by atoms with van der Waals surface area (Å²) < 4.78 is 6.16. The topological polar surface area (TPSA) is 67.9 Å². The molecule has 0 spiro atoms. The summed E-state index contributed by atoms with van der Waals surface area (Å²) in [6.07, 6.45) is 5.32. The third-order valence-corrected chi connectivity index (χ3v) is 4.31. The van der Waals surface area contributed by atoms with Gasteiger partial charge in [0.05, 0.1) is 12.1 Å². The number of carbonyl (C=O) groups excluding carboxylic acids is 1. The first-order chi connectivity index (χ1) is 9.65. The molecule has 1 N–H and O–H groups in total. The smallest absolute Gasteiger partial charge is 0.319 e. The minimum absolute atomic E-state index is 0.171. The quantitative estimate of drug-likeness (QED) is 0.874. The van der Waals surface area contributed by atoms with E-state index in [2.05, 4.69) is 30.9 Å². The van der Waals surface area contributed by atoms with Crippen molar-refractivity contribution in [1.82, 2.24) is 15.0 Å². The lowest BCUT2D eigenvalue weighted by Crippen LogP contribution is -2.35. The molecule has 20 heavy (non-hydrogen) atoms. The number of aromatic amines is 1. The highest BCUT2D eigenvalue weighted by atomic mass is 79.9. The molecule has 1 fully saturated rings. The second-order valence-electron chi connectivity index (χ2n) is 5.12. The van der Waals surface area contributed by atoms with Crippen LogP contribution in [-0.4, -0.2) is 27.5 Å². The number of aromatic nitrogens is 3. The van der Waals surface area contributed by atoms with Gasteiger partial charge in [-0.2, -0.15) is 0 Å². The number of carbonyl (C=O) groups is 1. The molecule has 0 aromatic carbocycles. The maximum absolute atomic E-state index is 12.4. The lowest BCUT2D eigenvalue weighted by molar-refractivity contribution is -0.150. The standard InChI is InChI=1S/C14H16BrN3O2/c1-2-20-13(19)14(5-3-4-6-14)12-17-10-7-9(15)8-16-11(10)18-12/h7-8H,2-6H2,1H3,(H,16,17,18). The van der Waals surface area contributed by atoms with Gasteiger partial charge in [0.15, 0.2) is 5.65 Å². The first-order valence-corrected chi connectivity index (χ1v) is 7.64. The SMILES string of the molecule is CCOC(=O)C1(c2nc3ncc(Br)cc3[nH]2)CCCC1. The fraction of sp³-hybridized carbons (Fsp3) is 0.500. The van der Waals surface area contributed by atoms with E-state index in [-0.39, 0.29) is 5.97 Å². The number of imidazole rings is 1. The Labute approximate surface area is 125 Å². The zero-order chi connectivity index (χ0) is 14.2. The molecule has 1 aliphatic rings. The van der Waals surface area contributed by atoms with Crippen LogP contribution in [0.4, 0.5) is 0 Å². The molecule has 106 valence electrons. The van der Waals surface area contributed by atoms with Crippen LogP contribution in [0, 0.1) is 0 Å². The first-order valence-electron chi connectivity index (χ1n) is 6.85. The van der Waals surface area contributed by atoms with E-state index < -0.39 is 5.41 Å². The molecular formula is C14H16BrN3O2. The maximum atomic E-state index is 12.4. The van der Waals surface area contributed by atoms with Crippen molar-refractivity contribution in [2.45, 2.75) is 38.0 Å². The van der Waals surface area contributed by atoms with Gasteiger partial charge in [0, 0.05) is 10.7 Å². The predicted octanol–water partition coefficient (Wildman–Crippen LogP) is 3.10. The highest BCUT2D eigenvalue weighted by molar-refractivity contribution is 9.10. The summed E-state index contributed by atoms with van der Waals surface area (Å²) in [5.41, 5.74) is 0.854. The molecule has 2 heterocycles. The Balaban J connectivity index is 2.07. The Kier molecular flexibility index (Phi) is 3.50. The lowest BCUT2D eigenvalue weighted by Gasteiger charge is -2.23. The molecular weight excluding hydrogens is 322 g/mol. The molecule has 0 unspecified atom stereocenters. The van der Waals surface area contributed by atoms with Gasteiger partial charge in [-0.05, 0) is 41.8 Å². The second kappa shape index (κ2) is 5.16. The van der Waals surface area contributed by atoms with E-state index in [0.717, 1.165) is 35.7 Å². The largest absolute Gasteiger partial charge is 0.465 e. The second-order valence-corrected chi connectivity index (χ2v) is 6.04. The average molecular weight is 338 g/mol. The number of nitrogens with zero attached hydrogens (tertiary/aromatic N) is 2. The van der Waals surface area contributed by atoms with Crippen LogP contribution < -0.4 is 0 Å². The van der Waals surface area contributed by atoms with Gasteiger partial charge in [-0.3, -0.25) is 4.79 Å². The number of hydrogen-bond donors (Lipinski definition) is 1. The van der Waals surface area contributed by atoms with Crippen molar-refractivity contribution in [2.24, 2.45) is 0 Å². The van der Waals surface area contributed by atoms with Crippen LogP contribution in [0.25, 0.3) is 11.2 Å². The molecule has 0 aliphatic heterocycles. The summed E-state index contributed by atoms with van der Waals surface area (Å²) in [5.74, 6) is 0.518. The number of pyridine rings is 1. The molecule has 0 radical (unpaired) electrons. The molecule has 1 saturated carbocycles. The Bertz CT molecular complexity index is 647. The van der Waals surface area contributed by atoms with E-state index in [9.17, 15) is 4.79 Å². The predicted molar refractivity (Wildman–Crippen MR) is 78.4 cm³/mol. The maximum Gasteiger partial charge on any atom is 0.319 e. The number of rotatable bonds is 3. The van der Waals surface area contributed by atoms with Gasteiger partial charge in [0.2, 0.25) is 0 Å². The van der Waals surface area contributed by atoms with Gasteiger partial charge >= 0.3 is 5.97 Å². The fourth-order valence-corrected chi connectivity index (χ4v) is 3.22. The van der Waals surface area contributed by atoms with E-state index in [1.807, 2.05) is 13.0 Å². The van der Waals surface area contributed by atoms with Gasteiger partial charge in [-0.15, -0.1) is 0 Å². The number of nitrogens with one attached hydrogen (secondary N) is 1. The zero-order valence-electron chi connectivity index (χ0n) is 11.3. The minimum Gasteiger partial charge on any atom is -0.465 e. The molecule has 0 saturated heterocycles. The molecule has 1 aliphatic carbocycles. The van der Waals surface area contributed by atoms with Crippen LogP contribution in [0.2, 0.25) is 0 Å². The van der Waals surface area contributed by atoms with E-state index >= 15 is 0 Å². The van der Waals surface area contributed by atoms with Crippen molar-refractivity contribution in [2.75, 3.05) is 6.61 Å². The van der Waals surface area contributed by atoms with Gasteiger partial charge in [-0.1, -0.05) is 12.8 Å². The van der Waals surface area contributed by atoms with E-state index in [1.165, 1.54) is 0 Å². The zero-order valence-corrected chi connectivity index (χ0v) is 12.9. The molecule has 5 nitrogen and oxygen atoms in total. The number of esters is 1. The highest BCUT2D eigenvalue weighted by Gasteiger charge is 2.46. The molecule has 0 amide bonds. The third-order valence-electron chi connectivity index (χ3n) is 3.88. The lowest BCUT2D eigenvalue weighted by atomic mass is 9.85. The summed E-state index contributed by atoms with van der Waals surface area (Å²) in [4.78, 5) is 24.4. The van der Waals surface area contributed by atoms with Gasteiger partial charge in [0.25, 0.3) is 0 Å². The fourth-order valence-electron chi connectivity index (χ4n) is 2.89. The molecule has 0 atom stereocenters. The Morgan fingerprint density at radius 3 is 2.95 bits per heavy atom. The first kappa shape index (κ1) is 13.5. The van der Waals surface area contributed by atoms with Crippen LogP contribution in [0.3, 0.4) is 0 Å². The summed E-state index contributed by atoms with van der Waals surface area (Å²) in [7, 11) is 0. The minimum atomic E-state index is -0.622. The van der Waals surface area contributed by atoms with Crippen molar-refractivity contribution >= 4 is 33.1 Å². The normalized spacial score (nSPS) is 17.5. The highest BCUT2D eigenvalue weighted by Crippen LogP contribution is 2.41. The van der Waals surface area contributed by atoms with Crippen LogP contribution in [0.15, 0.2) is 16.7 Å².